The first kappa shape index (κ1) is 7.51. The quantitative estimate of drug-likeness (QED) is 0.483. The number of rotatable bonds is 0. The van der Waals surface area contributed by atoms with E-state index in [0.29, 0.717) is 11.5 Å². The van der Waals surface area contributed by atoms with E-state index in [2.05, 4.69) is 21.8 Å². The first-order valence-electron chi connectivity index (χ1n) is 3.00. The lowest BCUT2D eigenvalue weighted by molar-refractivity contribution is 0.350. The minimum Gasteiger partial charge on any atom is -0.384 e. The molecule has 4 heteroatoms. The summed E-state index contributed by atoms with van der Waals surface area (Å²) in [7, 11) is 0. The highest BCUT2D eigenvalue weighted by molar-refractivity contribution is 5.30. The molecule has 0 radical (unpaired) electrons. The van der Waals surface area contributed by atoms with Crippen LogP contribution in [0.2, 0.25) is 0 Å². The molecule has 1 aromatic heterocycles. The predicted molar refractivity (Wildman–Crippen MR) is 40.4 cm³/mol. The molecular weight excluding hydrogens is 142 g/mol. The number of anilines is 1. The number of aliphatic hydroxyl groups is 1. The molecule has 0 fully saturated rings. The van der Waals surface area contributed by atoms with E-state index in [1.807, 2.05) is 0 Å². The zero-order chi connectivity index (χ0) is 8.10. The van der Waals surface area contributed by atoms with Gasteiger partial charge in [0.25, 0.3) is 0 Å². The van der Waals surface area contributed by atoms with Crippen LogP contribution >= 0.6 is 0 Å². The van der Waals surface area contributed by atoms with E-state index in [1.54, 1.807) is 0 Å². The zero-order valence-corrected chi connectivity index (χ0v) is 5.78. The maximum Gasteiger partial charge on any atom is 0.141 e. The van der Waals surface area contributed by atoms with E-state index in [-0.39, 0.29) is 6.61 Å². The van der Waals surface area contributed by atoms with E-state index in [9.17, 15) is 0 Å². The minimum atomic E-state index is -0.175. The van der Waals surface area contributed by atoms with Crippen molar-refractivity contribution in [1.29, 1.82) is 0 Å². The normalized spacial score (nSPS) is 8.45. The van der Waals surface area contributed by atoms with Gasteiger partial charge in [0, 0.05) is 0 Å². The van der Waals surface area contributed by atoms with Crippen molar-refractivity contribution >= 4 is 5.82 Å². The van der Waals surface area contributed by atoms with E-state index >= 15 is 0 Å². The van der Waals surface area contributed by atoms with Crippen molar-refractivity contribution in [3.8, 4) is 11.8 Å². The maximum absolute atomic E-state index is 8.34. The highest BCUT2D eigenvalue weighted by atomic mass is 16.2. The molecule has 0 aliphatic heterocycles. The van der Waals surface area contributed by atoms with Gasteiger partial charge in [0.15, 0.2) is 0 Å². The minimum absolute atomic E-state index is 0.175. The summed E-state index contributed by atoms with van der Waals surface area (Å²) in [4.78, 5) is 7.61. The van der Waals surface area contributed by atoms with Crippen LogP contribution in [0.15, 0.2) is 12.4 Å². The fourth-order valence-electron chi connectivity index (χ4n) is 0.533. The SMILES string of the molecule is Nc1cnc(C#CCO)cn1. The van der Waals surface area contributed by atoms with Crippen LogP contribution in [-0.2, 0) is 0 Å². The lowest BCUT2D eigenvalue weighted by Crippen LogP contribution is -1.92. The van der Waals surface area contributed by atoms with Crippen LogP contribution in [0.3, 0.4) is 0 Å². The Hall–Kier alpha value is -1.60. The molecule has 3 N–H and O–H groups in total. The summed E-state index contributed by atoms with van der Waals surface area (Å²) in [5.74, 6) is 5.40. The molecule has 1 heterocycles. The van der Waals surface area contributed by atoms with Gasteiger partial charge in [-0.2, -0.15) is 0 Å². The van der Waals surface area contributed by atoms with Gasteiger partial charge in [0.05, 0.1) is 12.4 Å². The number of hydrogen-bond acceptors (Lipinski definition) is 4. The van der Waals surface area contributed by atoms with Crippen LogP contribution in [0.5, 0.6) is 0 Å². The Morgan fingerprint density at radius 1 is 1.45 bits per heavy atom. The first-order valence-corrected chi connectivity index (χ1v) is 3.00. The van der Waals surface area contributed by atoms with E-state index in [4.69, 9.17) is 10.8 Å². The number of nitrogens with zero attached hydrogens (tertiary/aromatic N) is 2. The number of aromatic nitrogens is 2. The monoisotopic (exact) mass is 149 g/mol. The topological polar surface area (TPSA) is 72.0 Å². The second kappa shape index (κ2) is 3.54. The van der Waals surface area contributed by atoms with E-state index in [0.717, 1.165) is 0 Å². The average Bonchev–Trinajstić information content (AvgIpc) is 2.04. The Balaban J connectivity index is 2.82. The molecule has 11 heavy (non-hydrogen) atoms. The number of hydrogen-bond donors (Lipinski definition) is 2. The van der Waals surface area contributed by atoms with Gasteiger partial charge in [-0.3, -0.25) is 0 Å². The van der Waals surface area contributed by atoms with Crippen molar-refractivity contribution in [2.75, 3.05) is 12.3 Å². The first-order chi connectivity index (χ1) is 5.33. The van der Waals surface area contributed by atoms with Crippen molar-refractivity contribution in [3.63, 3.8) is 0 Å². The van der Waals surface area contributed by atoms with Gasteiger partial charge >= 0.3 is 0 Å². The van der Waals surface area contributed by atoms with Crippen LogP contribution in [0.1, 0.15) is 5.69 Å². The number of nitrogens with two attached hydrogens (primary N) is 1. The van der Waals surface area contributed by atoms with Gasteiger partial charge in [0.2, 0.25) is 0 Å². The molecule has 0 atom stereocenters. The maximum atomic E-state index is 8.34. The van der Waals surface area contributed by atoms with Gasteiger partial charge in [-0.25, -0.2) is 9.97 Å². The molecule has 0 saturated heterocycles. The highest BCUT2D eigenvalue weighted by Crippen LogP contribution is 1.92. The smallest absolute Gasteiger partial charge is 0.141 e. The lowest BCUT2D eigenvalue weighted by Gasteiger charge is -1.89. The fourth-order valence-corrected chi connectivity index (χ4v) is 0.533. The van der Waals surface area contributed by atoms with Gasteiger partial charge in [-0.15, -0.1) is 0 Å². The molecule has 0 amide bonds. The second-order valence-corrected chi connectivity index (χ2v) is 1.79. The van der Waals surface area contributed by atoms with E-state index < -0.39 is 0 Å². The Morgan fingerprint density at radius 2 is 2.27 bits per heavy atom. The molecule has 56 valence electrons. The molecule has 0 aliphatic carbocycles. The van der Waals surface area contributed by atoms with Crippen molar-refractivity contribution in [3.05, 3.63) is 18.1 Å². The van der Waals surface area contributed by atoms with Crippen LogP contribution in [-0.4, -0.2) is 21.7 Å². The van der Waals surface area contributed by atoms with Gasteiger partial charge in [-0.1, -0.05) is 5.92 Å². The van der Waals surface area contributed by atoms with Crippen LogP contribution in [0.4, 0.5) is 5.82 Å². The fraction of sp³-hybridized carbons (Fsp3) is 0.143. The number of nitrogen functional groups attached to an aromatic ring is 1. The number of aliphatic hydroxyl groups excluding tert-OH is 1. The standard InChI is InChI=1S/C7H7N3O/c8-7-5-9-6(4-10-7)2-1-3-11/h4-5,11H,3H2,(H2,8,10). The van der Waals surface area contributed by atoms with Crippen LogP contribution < -0.4 is 5.73 Å². The predicted octanol–water partition coefficient (Wildman–Crippen LogP) is -0.597. The third-order valence-corrected chi connectivity index (χ3v) is 0.967. The van der Waals surface area contributed by atoms with Gasteiger partial charge in [-0.05, 0) is 5.92 Å². The summed E-state index contributed by atoms with van der Waals surface area (Å²) in [6.45, 7) is -0.175. The molecule has 0 aromatic carbocycles. The van der Waals surface area contributed by atoms with Crippen molar-refractivity contribution in [2.45, 2.75) is 0 Å². The van der Waals surface area contributed by atoms with Crippen molar-refractivity contribution in [1.82, 2.24) is 9.97 Å². The van der Waals surface area contributed by atoms with E-state index in [1.165, 1.54) is 12.4 Å². The highest BCUT2D eigenvalue weighted by Gasteiger charge is 1.87. The molecule has 1 rings (SSSR count). The molecule has 0 unspecified atom stereocenters. The van der Waals surface area contributed by atoms with Gasteiger partial charge < -0.3 is 10.8 Å². The van der Waals surface area contributed by atoms with Crippen molar-refractivity contribution in [2.24, 2.45) is 0 Å². The molecule has 4 nitrogen and oxygen atoms in total. The third kappa shape index (κ3) is 2.24. The third-order valence-electron chi connectivity index (χ3n) is 0.967. The largest absolute Gasteiger partial charge is 0.384 e. The van der Waals surface area contributed by atoms with Gasteiger partial charge in [0.1, 0.15) is 18.1 Å². The Morgan fingerprint density at radius 3 is 2.82 bits per heavy atom. The summed E-state index contributed by atoms with van der Waals surface area (Å²) >= 11 is 0. The van der Waals surface area contributed by atoms with Crippen LogP contribution in [0, 0.1) is 11.8 Å². The summed E-state index contributed by atoms with van der Waals surface area (Å²) < 4.78 is 0. The molecule has 0 bridgehead atoms. The molecule has 0 aliphatic rings. The average molecular weight is 149 g/mol. The second-order valence-electron chi connectivity index (χ2n) is 1.79. The lowest BCUT2D eigenvalue weighted by atomic mass is 10.4. The summed E-state index contributed by atoms with van der Waals surface area (Å²) in [6.07, 6.45) is 2.87. The summed E-state index contributed by atoms with van der Waals surface area (Å²) in [5.41, 5.74) is 5.79. The summed E-state index contributed by atoms with van der Waals surface area (Å²) in [5, 5.41) is 8.34. The zero-order valence-electron chi connectivity index (χ0n) is 5.78. The Labute approximate surface area is 64.1 Å². The van der Waals surface area contributed by atoms with Crippen molar-refractivity contribution < 1.29 is 5.11 Å². The summed E-state index contributed by atoms with van der Waals surface area (Å²) in [6, 6.07) is 0. The molecule has 0 saturated carbocycles. The molecule has 0 spiro atoms. The molecular formula is C7H7N3O. The van der Waals surface area contributed by atoms with Crippen LogP contribution in [0.25, 0.3) is 0 Å². The molecule has 1 aromatic rings. The Bertz CT molecular complexity index is 283. The Kier molecular flexibility index (Phi) is 2.42.